The molecule has 4 heterocycles. The molecule has 2 unspecified atom stereocenters. The molecule has 3 aromatic carbocycles. The minimum atomic E-state index is -1.10. The van der Waals surface area contributed by atoms with Crippen LogP contribution in [0, 0.1) is 0 Å². The number of hydrogen-bond donors (Lipinski definition) is 0. The largest absolute Gasteiger partial charge is 0.491 e. The molecule has 3 aliphatic rings. The van der Waals surface area contributed by atoms with Crippen LogP contribution in [0.15, 0.2) is 85.5 Å². The number of fused-ring (bicyclic) bond motifs is 1. The summed E-state index contributed by atoms with van der Waals surface area (Å²) in [4.78, 5) is 35.5. The summed E-state index contributed by atoms with van der Waals surface area (Å²) in [5, 5.41) is 1.00. The van der Waals surface area contributed by atoms with Gasteiger partial charge in [-0.25, -0.2) is 4.98 Å². The van der Waals surface area contributed by atoms with Crippen LogP contribution in [0.4, 0.5) is 5.69 Å². The first-order chi connectivity index (χ1) is 22.4. The van der Waals surface area contributed by atoms with Crippen LogP contribution in [0.3, 0.4) is 0 Å². The van der Waals surface area contributed by atoms with E-state index in [1.165, 1.54) is 4.90 Å². The van der Waals surface area contributed by atoms with E-state index in [4.69, 9.17) is 37.4 Å². The molecular formula is C34H33Cl2N5O5. The standard InChI is InChI=1S/C34H33Cl2N5O5/c35-24-5-10-30(31(36)19-24)34(22-39-12-11-37-23-39)45-21-27(46-34)20-44-26-8-6-25(7-9-26)40-16-13-38(14-17-40)15-18-41-32(42)28-3-1-2-4-29(28)33(41)43/h1-12,19,23,27H,13-18,20-22H2. The van der Waals surface area contributed by atoms with Crippen LogP contribution < -0.4 is 9.64 Å². The number of halogens is 2. The summed E-state index contributed by atoms with van der Waals surface area (Å²) < 4.78 is 20.8. The number of carbonyl (C=O) groups is 2. The number of imidazole rings is 1. The Hall–Kier alpha value is -3.93. The number of ether oxygens (including phenoxy) is 3. The topological polar surface area (TPSA) is 89.4 Å². The van der Waals surface area contributed by atoms with Crippen molar-refractivity contribution in [2.75, 3.05) is 57.4 Å². The monoisotopic (exact) mass is 661 g/mol. The number of nitrogens with zero attached hydrogens (tertiary/aromatic N) is 5. The summed E-state index contributed by atoms with van der Waals surface area (Å²) in [5.74, 6) is -0.766. The predicted molar refractivity (Wildman–Crippen MR) is 174 cm³/mol. The zero-order valence-electron chi connectivity index (χ0n) is 25.1. The van der Waals surface area contributed by atoms with Crippen molar-refractivity contribution in [3.05, 3.63) is 112 Å². The average molecular weight is 663 g/mol. The molecule has 2 atom stereocenters. The molecule has 12 heteroatoms. The third-order valence-corrected chi connectivity index (χ3v) is 9.23. The summed E-state index contributed by atoms with van der Waals surface area (Å²) in [6, 6.07) is 20.4. The molecule has 10 nitrogen and oxygen atoms in total. The van der Waals surface area contributed by atoms with Crippen molar-refractivity contribution in [2.45, 2.75) is 18.4 Å². The molecular weight excluding hydrogens is 629 g/mol. The first-order valence-corrected chi connectivity index (χ1v) is 16.0. The lowest BCUT2D eigenvalue weighted by molar-refractivity contribution is -0.189. The Bertz CT molecular complexity index is 1680. The quantitative estimate of drug-likeness (QED) is 0.221. The van der Waals surface area contributed by atoms with Crippen molar-refractivity contribution in [1.82, 2.24) is 19.4 Å². The number of benzene rings is 3. The number of hydrogen-bond acceptors (Lipinski definition) is 8. The van der Waals surface area contributed by atoms with Gasteiger partial charge in [-0.15, -0.1) is 0 Å². The molecule has 3 aliphatic heterocycles. The van der Waals surface area contributed by atoms with E-state index in [2.05, 4.69) is 26.9 Å². The number of carbonyl (C=O) groups excluding carboxylic acids is 2. The Morgan fingerprint density at radius 2 is 1.65 bits per heavy atom. The molecule has 238 valence electrons. The molecule has 0 aliphatic carbocycles. The van der Waals surface area contributed by atoms with Crippen LogP contribution in [-0.4, -0.2) is 89.8 Å². The van der Waals surface area contributed by atoms with Gasteiger partial charge in [-0.1, -0.05) is 41.4 Å². The fourth-order valence-electron chi connectivity index (χ4n) is 6.23. The number of piperazine rings is 1. The second kappa shape index (κ2) is 13.1. The lowest BCUT2D eigenvalue weighted by atomic mass is 10.1. The molecule has 1 aromatic heterocycles. The normalized spacial score (nSPS) is 21.7. The van der Waals surface area contributed by atoms with Gasteiger partial charge in [-0.2, -0.15) is 0 Å². The van der Waals surface area contributed by atoms with E-state index in [0.717, 1.165) is 37.6 Å². The summed E-state index contributed by atoms with van der Waals surface area (Å²) in [6.07, 6.45) is 4.95. The molecule has 46 heavy (non-hydrogen) atoms. The highest BCUT2D eigenvalue weighted by atomic mass is 35.5. The molecule has 2 fully saturated rings. The molecule has 0 bridgehead atoms. The number of aromatic nitrogens is 2. The van der Waals surface area contributed by atoms with E-state index < -0.39 is 5.79 Å². The van der Waals surface area contributed by atoms with Gasteiger partial charge in [0.15, 0.2) is 0 Å². The van der Waals surface area contributed by atoms with Crippen molar-refractivity contribution in [1.29, 1.82) is 0 Å². The van der Waals surface area contributed by atoms with Crippen LogP contribution in [0.25, 0.3) is 0 Å². The molecule has 4 aromatic rings. The number of amides is 2. The maximum Gasteiger partial charge on any atom is 0.261 e. The Morgan fingerprint density at radius 1 is 0.913 bits per heavy atom. The average Bonchev–Trinajstić information content (AvgIpc) is 3.79. The van der Waals surface area contributed by atoms with Crippen molar-refractivity contribution < 1.29 is 23.8 Å². The minimum absolute atomic E-state index is 0.201. The van der Waals surface area contributed by atoms with Crippen LogP contribution in [-0.2, 0) is 21.8 Å². The fraction of sp³-hybridized carbons (Fsp3) is 0.324. The zero-order valence-corrected chi connectivity index (χ0v) is 26.6. The van der Waals surface area contributed by atoms with Gasteiger partial charge in [0.25, 0.3) is 11.8 Å². The number of rotatable bonds is 10. The van der Waals surface area contributed by atoms with Crippen molar-refractivity contribution in [2.24, 2.45) is 0 Å². The summed E-state index contributed by atoms with van der Waals surface area (Å²) in [6.45, 7) is 5.46. The van der Waals surface area contributed by atoms with Gasteiger partial charge >= 0.3 is 0 Å². The third-order valence-electron chi connectivity index (χ3n) is 8.68. The van der Waals surface area contributed by atoms with Gasteiger partial charge in [0.05, 0.1) is 35.6 Å². The van der Waals surface area contributed by atoms with E-state index in [1.54, 1.807) is 48.9 Å². The summed E-state index contributed by atoms with van der Waals surface area (Å²) in [7, 11) is 0. The second-order valence-electron chi connectivity index (χ2n) is 11.6. The van der Waals surface area contributed by atoms with Crippen molar-refractivity contribution >= 4 is 40.7 Å². The maximum atomic E-state index is 12.7. The Balaban J connectivity index is 0.900. The summed E-state index contributed by atoms with van der Waals surface area (Å²) >= 11 is 12.7. The van der Waals surface area contributed by atoms with Gasteiger partial charge < -0.3 is 23.7 Å². The summed E-state index contributed by atoms with van der Waals surface area (Å²) in [5.41, 5.74) is 2.80. The second-order valence-corrected chi connectivity index (χ2v) is 12.4. The molecule has 0 N–H and O–H groups in total. The SMILES string of the molecule is O=C1c2ccccc2C(=O)N1CCN1CCN(c2ccc(OCC3COC(Cn4ccnc4)(c4ccc(Cl)cc4Cl)O3)cc2)CC1. The number of anilines is 1. The highest BCUT2D eigenvalue weighted by Gasteiger charge is 2.45. The van der Waals surface area contributed by atoms with Crippen LogP contribution in [0.1, 0.15) is 26.3 Å². The molecule has 0 saturated carbocycles. The fourth-order valence-corrected chi connectivity index (χ4v) is 6.78. The van der Waals surface area contributed by atoms with E-state index in [1.807, 2.05) is 29.0 Å². The number of imide groups is 1. The van der Waals surface area contributed by atoms with Crippen LogP contribution in [0.2, 0.25) is 10.0 Å². The molecule has 2 amide bonds. The van der Waals surface area contributed by atoms with Crippen LogP contribution >= 0.6 is 23.2 Å². The Labute approximate surface area is 277 Å². The molecule has 0 spiro atoms. The Kier molecular flexibility index (Phi) is 8.72. The molecule has 0 radical (unpaired) electrons. The first-order valence-electron chi connectivity index (χ1n) is 15.3. The van der Waals surface area contributed by atoms with Crippen molar-refractivity contribution in [3.63, 3.8) is 0 Å². The van der Waals surface area contributed by atoms with Crippen LogP contribution in [0.5, 0.6) is 5.75 Å². The lowest BCUT2D eigenvalue weighted by Crippen LogP contribution is -2.49. The van der Waals surface area contributed by atoms with E-state index in [-0.39, 0.29) is 17.9 Å². The highest BCUT2D eigenvalue weighted by molar-refractivity contribution is 6.35. The molecule has 2 saturated heterocycles. The van der Waals surface area contributed by atoms with Crippen molar-refractivity contribution in [3.8, 4) is 5.75 Å². The lowest BCUT2D eigenvalue weighted by Gasteiger charge is -2.36. The van der Waals surface area contributed by atoms with Gasteiger partial charge in [0.2, 0.25) is 5.79 Å². The smallest absolute Gasteiger partial charge is 0.261 e. The van der Waals surface area contributed by atoms with E-state index in [0.29, 0.717) is 59.6 Å². The maximum absolute atomic E-state index is 12.7. The predicted octanol–water partition coefficient (Wildman–Crippen LogP) is 4.96. The Morgan fingerprint density at radius 3 is 2.33 bits per heavy atom. The zero-order chi connectivity index (χ0) is 31.7. The van der Waals surface area contributed by atoms with Gasteiger partial charge in [0, 0.05) is 67.9 Å². The first kappa shape index (κ1) is 30.7. The van der Waals surface area contributed by atoms with E-state index >= 15 is 0 Å². The minimum Gasteiger partial charge on any atom is -0.491 e. The van der Waals surface area contributed by atoms with E-state index in [9.17, 15) is 9.59 Å². The van der Waals surface area contributed by atoms with Gasteiger partial charge in [-0.05, 0) is 48.5 Å². The highest BCUT2D eigenvalue weighted by Crippen LogP contribution is 2.40. The third kappa shape index (κ3) is 6.23. The molecule has 7 rings (SSSR count). The van der Waals surface area contributed by atoms with Gasteiger partial charge in [-0.3, -0.25) is 19.4 Å². The van der Waals surface area contributed by atoms with Gasteiger partial charge in [0.1, 0.15) is 18.5 Å².